The van der Waals surface area contributed by atoms with Crippen LogP contribution in [0.15, 0.2) is 47.4 Å². The molecule has 20 heavy (non-hydrogen) atoms. The molecule has 2 aromatic rings. The monoisotopic (exact) mass is 294 g/mol. The molecule has 0 aliphatic carbocycles. The molecule has 4 nitrogen and oxygen atoms in total. The van der Waals surface area contributed by atoms with Crippen LogP contribution in [0.5, 0.6) is 0 Å². The average Bonchev–Trinajstić information content (AvgIpc) is 2.39. The van der Waals surface area contributed by atoms with Gasteiger partial charge in [0.25, 0.3) is 0 Å². The Morgan fingerprint density at radius 1 is 1.20 bits per heavy atom. The molecule has 0 aliphatic rings. The third kappa shape index (κ3) is 3.34. The minimum Gasteiger partial charge on any atom is -0.399 e. The lowest BCUT2D eigenvalue weighted by Crippen LogP contribution is -2.24. The lowest BCUT2D eigenvalue weighted by molar-refractivity contribution is 0.576. The van der Waals surface area contributed by atoms with E-state index in [0.717, 1.165) is 11.6 Å². The highest BCUT2D eigenvalue weighted by atomic mass is 32.2. The largest absolute Gasteiger partial charge is 0.399 e. The van der Waals surface area contributed by atoms with Crippen LogP contribution in [0.3, 0.4) is 0 Å². The zero-order chi connectivity index (χ0) is 14.8. The number of nitrogens with two attached hydrogens (primary N) is 1. The summed E-state index contributed by atoms with van der Waals surface area (Å²) >= 11 is 0. The summed E-state index contributed by atoms with van der Waals surface area (Å²) < 4.78 is 39.9. The van der Waals surface area contributed by atoms with Gasteiger partial charge in [-0.2, -0.15) is 0 Å². The van der Waals surface area contributed by atoms with Crippen molar-refractivity contribution < 1.29 is 12.8 Å². The molecule has 6 heteroatoms. The van der Waals surface area contributed by atoms with Crippen molar-refractivity contribution in [2.24, 2.45) is 0 Å². The highest BCUT2D eigenvalue weighted by Gasteiger charge is 2.17. The van der Waals surface area contributed by atoms with Gasteiger partial charge in [-0.05, 0) is 42.3 Å². The lowest BCUT2D eigenvalue weighted by Gasteiger charge is -2.09. The van der Waals surface area contributed by atoms with Crippen molar-refractivity contribution in [1.82, 2.24) is 4.72 Å². The number of halogens is 1. The molecule has 0 spiro atoms. The Morgan fingerprint density at radius 2 is 1.95 bits per heavy atom. The summed E-state index contributed by atoms with van der Waals surface area (Å²) in [5, 5.41) is 0. The number of hydrogen-bond acceptors (Lipinski definition) is 3. The van der Waals surface area contributed by atoms with E-state index >= 15 is 0 Å². The summed E-state index contributed by atoms with van der Waals surface area (Å²) in [7, 11) is -3.76. The topological polar surface area (TPSA) is 72.2 Å². The van der Waals surface area contributed by atoms with E-state index in [1.165, 1.54) is 12.1 Å². The van der Waals surface area contributed by atoms with Crippen molar-refractivity contribution in [3.05, 3.63) is 59.4 Å². The first-order valence-electron chi connectivity index (χ1n) is 5.99. The molecule has 3 N–H and O–H groups in total. The molecule has 0 saturated heterocycles. The Balaban J connectivity index is 2.21. The van der Waals surface area contributed by atoms with E-state index in [1.54, 1.807) is 31.2 Å². The van der Waals surface area contributed by atoms with Gasteiger partial charge in [0.15, 0.2) is 0 Å². The molecule has 0 radical (unpaired) electrons. The molecule has 106 valence electrons. The number of anilines is 1. The van der Waals surface area contributed by atoms with Gasteiger partial charge in [-0.3, -0.25) is 0 Å². The summed E-state index contributed by atoms with van der Waals surface area (Å²) in [5.41, 5.74) is 7.42. The summed E-state index contributed by atoms with van der Waals surface area (Å²) in [5.74, 6) is -0.583. The fraction of sp³-hybridized carbons (Fsp3) is 0.143. The van der Waals surface area contributed by atoms with Gasteiger partial charge in [-0.1, -0.05) is 18.2 Å². The first-order chi connectivity index (χ1) is 9.38. The molecule has 0 heterocycles. The van der Waals surface area contributed by atoms with Gasteiger partial charge in [0.05, 0.1) is 4.90 Å². The number of nitrogens with one attached hydrogen (secondary N) is 1. The van der Waals surface area contributed by atoms with E-state index < -0.39 is 15.8 Å². The van der Waals surface area contributed by atoms with Crippen molar-refractivity contribution in [3.8, 4) is 0 Å². The molecule has 0 aliphatic heterocycles. The Labute approximate surface area is 117 Å². The van der Waals surface area contributed by atoms with Crippen LogP contribution < -0.4 is 10.5 Å². The molecule has 0 amide bonds. The van der Waals surface area contributed by atoms with Crippen molar-refractivity contribution in [3.63, 3.8) is 0 Å². The second-order valence-electron chi connectivity index (χ2n) is 4.48. The maximum Gasteiger partial charge on any atom is 0.241 e. The zero-order valence-corrected chi connectivity index (χ0v) is 11.7. The SMILES string of the molecule is Cc1ccc(F)cc1S(=O)(=O)NCc1cccc(N)c1. The number of benzene rings is 2. The molecule has 0 saturated carbocycles. The summed E-state index contributed by atoms with van der Waals surface area (Å²) in [6, 6.07) is 10.6. The Hall–Kier alpha value is -1.92. The lowest BCUT2D eigenvalue weighted by atomic mass is 10.2. The van der Waals surface area contributed by atoms with Crippen molar-refractivity contribution in [2.45, 2.75) is 18.4 Å². The van der Waals surface area contributed by atoms with Crippen LogP contribution in [0.2, 0.25) is 0 Å². The van der Waals surface area contributed by atoms with Crippen molar-refractivity contribution in [2.75, 3.05) is 5.73 Å². The number of nitrogen functional groups attached to an aromatic ring is 1. The number of rotatable bonds is 4. The Bertz CT molecular complexity index is 730. The van der Waals surface area contributed by atoms with Crippen LogP contribution in [-0.2, 0) is 16.6 Å². The predicted octanol–water partition coefficient (Wildman–Crippen LogP) is 2.19. The van der Waals surface area contributed by atoms with Gasteiger partial charge in [0.2, 0.25) is 10.0 Å². The highest BCUT2D eigenvalue weighted by Crippen LogP contribution is 2.17. The van der Waals surface area contributed by atoms with Crippen LogP contribution in [-0.4, -0.2) is 8.42 Å². The Kier molecular flexibility index (Phi) is 4.06. The van der Waals surface area contributed by atoms with E-state index in [0.29, 0.717) is 11.3 Å². The van der Waals surface area contributed by atoms with E-state index in [2.05, 4.69) is 4.72 Å². The normalized spacial score (nSPS) is 11.5. The van der Waals surface area contributed by atoms with Crippen LogP contribution in [0.4, 0.5) is 10.1 Å². The molecular formula is C14H15FN2O2S. The first kappa shape index (κ1) is 14.5. The fourth-order valence-electron chi connectivity index (χ4n) is 1.82. The van der Waals surface area contributed by atoms with Gasteiger partial charge >= 0.3 is 0 Å². The maximum absolute atomic E-state index is 13.2. The van der Waals surface area contributed by atoms with E-state index in [1.807, 2.05) is 0 Å². The van der Waals surface area contributed by atoms with Gasteiger partial charge in [-0.25, -0.2) is 17.5 Å². The van der Waals surface area contributed by atoms with Gasteiger partial charge in [0, 0.05) is 12.2 Å². The average molecular weight is 294 g/mol. The molecule has 0 bridgehead atoms. The van der Waals surface area contributed by atoms with Gasteiger partial charge in [-0.15, -0.1) is 0 Å². The minimum atomic E-state index is -3.76. The second-order valence-corrected chi connectivity index (χ2v) is 6.21. The summed E-state index contributed by atoms with van der Waals surface area (Å²) in [6.07, 6.45) is 0. The molecule has 0 unspecified atom stereocenters. The minimum absolute atomic E-state index is 0.0543. The van der Waals surface area contributed by atoms with Crippen LogP contribution in [0.25, 0.3) is 0 Å². The molecule has 2 rings (SSSR count). The zero-order valence-electron chi connectivity index (χ0n) is 10.9. The third-order valence-electron chi connectivity index (χ3n) is 2.86. The smallest absolute Gasteiger partial charge is 0.241 e. The van der Waals surface area contributed by atoms with E-state index in [9.17, 15) is 12.8 Å². The number of aryl methyl sites for hydroxylation is 1. The van der Waals surface area contributed by atoms with Crippen LogP contribution in [0.1, 0.15) is 11.1 Å². The fourth-order valence-corrected chi connectivity index (χ4v) is 3.09. The molecule has 0 fully saturated rings. The van der Waals surface area contributed by atoms with Crippen molar-refractivity contribution in [1.29, 1.82) is 0 Å². The molecule has 0 atom stereocenters. The molecule has 0 aromatic heterocycles. The quantitative estimate of drug-likeness (QED) is 0.849. The standard InChI is InChI=1S/C14H15FN2O2S/c1-10-5-6-12(15)8-14(10)20(18,19)17-9-11-3-2-4-13(16)7-11/h2-8,17H,9,16H2,1H3. The van der Waals surface area contributed by atoms with Crippen molar-refractivity contribution >= 4 is 15.7 Å². The predicted molar refractivity (Wildman–Crippen MR) is 76.0 cm³/mol. The molecular weight excluding hydrogens is 279 g/mol. The van der Waals surface area contributed by atoms with Gasteiger partial charge in [0.1, 0.15) is 5.82 Å². The first-order valence-corrected chi connectivity index (χ1v) is 7.47. The Morgan fingerprint density at radius 3 is 2.65 bits per heavy atom. The number of hydrogen-bond donors (Lipinski definition) is 2. The van der Waals surface area contributed by atoms with E-state index in [4.69, 9.17) is 5.73 Å². The number of sulfonamides is 1. The van der Waals surface area contributed by atoms with E-state index in [-0.39, 0.29) is 11.4 Å². The molecule has 2 aromatic carbocycles. The van der Waals surface area contributed by atoms with Crippen LogP contribution in [0, 0.1) is 12.7 Å². The second kappa shape index (κ2) is 5.60. The van der Waals surface area contributed by atoms with Crippen LogP contribution >= 0.6 is 0 Å². The highest BCUT2D eigenvalue weighted by molar-refractivity contribution is 7.89. The third-order valence-corrected chi connectivity index (χ3v) is 4.40. The maximum atomic E-state index is 13.2. The summed E-state index contributed by atoms with van der Waals surface area (Å²) in [4.78, 5) is -0.0543. The summed E-state index contributed by atoms with van der Waals surface area (Å²) in [6.45, 7) is 1.72. The van der Waals surface area contributed by atoms with Gasteiger partial charge < -0.3 is 5.73 Å².